The first-order valence-corrected chi connectivity index (χ1v) is 9.42. The van der Waals surface area contributed by atoms with Gasteiger partial charge in [-0.3, -0.25) is 9.69 Å². The molecule has 1 aromatic carbocycles. The number of imide groups is 1. The number of aliphatic hydroxyl groups excluding tert-OH is 1. The lowest BCUT2D eigenvalue weighted by Gasteiger charge is -2.36. The number of rotatable bonds is 5. The Morgan fingerprint density at radius 3 is 2.76 bits per heavy atom. The molecule has 3 atom stereocenters. The maximum Gasteiger partial charge on any atom is 0.325 e. The van der Waals surface area contributed by atoms with Gasteiger partial charge in [0, 0.05) is 4.47 Å². The average molecular weight is 411 g/mol. The summed E-state index contributed by atoms with van der Waals surface area (Å²) < 4.78 is 6.46. The van der Waals surface area contributed by atoms with Crippen LogP contribution < -0.4 is 10.1 Å². The molecule has 0 radical (unpaired) electrons. The average Bonchev–Trinajstić information content (AvgIpc) is 2.82. The van der Waals surface area contributed by atoms with E-state index in [0.717, 1.165) is 28.6 Å². The van der Waals surface area contributed by atoms with Gasteiger partial charge in [-0.2, -0.15) is 0 Å². The van der Waals surface area contributed by atoms with Gasteiger partial charge < -0.3 is 15.2 Å². The Hall–Kier alpha value is -1.60. The monoisotopic (exact) mass is 410 g/mol. The molecule has 2 fully saturated rings. The first-order valence-electron chi connectivity index (χ1n) is 8.63. The molecule has 1 aliphatic carbocycles. The molecule has 0 bridgehead atoms. The molecule has 0 aromatic heterocycles. The van der Waals surface area contributed by atoms with Gasteiger partial charge in [-0.15, -0.1) is 0 Å². The largest absolute Gasteiger partial charge is 0.491 e. The van der Waals surface area contributed by atoms with E-state index in [1.807, 2.05) is 19.1 Å². The van der Waals surface area contributed by atoms with Gasteiger partial charge in [-0.1, -0.05) is 35.7 Å². The molecule has 1 saturated heterocycles. The van der Waals surface area contributed by atoms with Gasteiger partial charge in [0.15, 0.2) is 0 Å². The lowest BCUT2D eigenvalue weighted by molar-refractivity contribution is -0.135. The Morgan fingerprint density at radius 1 is 1.36 bits per heavy atom. The van der Waals surface area contributed by atoms with Gasteiger partial charge in [-0.25, -0.2) is 4.79 Å². The third kappa shape index (κ3) is 3.67. The number of hydrogen-bond acceptors (Lipinski definition) is 4. The zero-order chi connectivity index (χ0) is 18.0. The number of ether oxygens (including phenoxy) is 1. The van der Waals surface area contributed by atoms with E-state index in [9.17, 15) is 14.7 Å². The summed E-state index contributed by atoms with van der Waals surface area (Å²) in [6.45, 7) is 1.96. The highest BCUT2D eigenvalue weighted by Gasteiger charge is 2.54. The molecule has 136 valence electrons. The van der Waals surface area contributed by atoms with Gasteiger partial charge in [0.2, 0.25) is 0 Å². The Morgan fingerprint density at radius 2 is 2.08 bits per heavy atom. The fourth-order valence-corrected chi connectivity index (χ4v) is 3.91. The third-order valence-electron chi connectivity index (χ3n) is 5.15. The summed E-state index contributed by atoms with van der Waals surface area (Å²) in [7, 11) is 0. The highest BCUT2D eigenvalue weighted by atomic mass is 79.9. The fourth-order valence-electron chi connectivity index (χ4n) is 3.65. The molecule has 3 amide bonds. The van der Waals surface area contributed by atoms with Gasteiger partial charge in [-0.05, 0) is 43.0 Å². The number of nitrogens with one attached hydrogen (secondary N) is 1. The maximum absolute atomic E-state index is 12.8. The van der Waals surface area contributed by atoms with Crippen LogP contribution in [0.2, 0.25) is 0 Å². The van der Waals surface area contributed by atoms with Crippen molar-refractivity contribution >= 4 is 27.9 Å². The van der Waals surface area contributed by atoms with Crippen molar-refractivity contribution in [3.05, 3.63) is 28.7 Å². The molecule has 1 heterocycles. The Labute approximate surface area is 155 Å². The number of benzene rings is 1. The molecule has 1 spiro atoms. The highest BCUT2D eigenvalue weighted by molar-refractivity contribution is 9.10. The summed E-state index contributed by atoms with van der Waals surface area (Å²) in [6, 6.07) is 6.83. The van der Waals surface area contributed by atoms with E-state index in [2.05, 4.69) is 21.2 Å². The number of nitrogens with zero attached hydrogens (tertiary/aromatic N) is 1. The molecule has 1 aliphatic heterocycles. The summed E-state index contributed by atoms with van der Waals surface area (Å²) in [4.78, 5) is 26.3. The molecule has 2 aliphatic rings. The van der Waals surface area contributed by atoms with Gasteiger partial charge in [0.25, 0.3) is 5.91 Å². The van der Waals surface area contributed by atoms with Crippen LogP contribution in [0.1, 0.15) is 32.6 Å². The zero-order valence-electron chi connectivity index (χ0n) is 14.2. The fraction of sp³-hybridized carbons (Fsp3) is 0.556. The second-order valence-electron chi connectivity index (χ2n) is 6.88. The minimum atomic E-state index is -0.938. The number of halogens is 1. The highest BCUT2D eigenvalue weighted by Crippen LogP contribution is 2.38. The van der Waals surface area contributed by atoms with Crippen LogP contribution in [-0.4, -0.2) is 46.7 Å². The first-order chi connectivity index (χ1) is 11.9. The third-order valence-corrected chi connectivity index (χ3v) is 5.68. The van der Waals surface area contributed by atoms with Crippen LogP contribution >= 0.6 is 15.9 Å². The van der Waals surface area contributed by atoms with E-state index in [1.165, 1.54) is 0 Å². The zero-order valence-corrected chi connectivity index (χ0v) is 15.8. The Kier molecular flexibility index (Phi) is 5.34. The van der Waals surface area contributed by atoms with Crippen molar-refractivity contribution in [2.75, 3.05) is 13.2 Å². The number of carbonyl (C=O) groups is 2. The number of carbonyl (C=O) groups excluding carboxylic acids is 2. The van der Waals surface area contributed by atoms with Gasteiger partial charge in [0.1, 0.15) is 24.0 Å². The van der Waals surface area contributed by atoms with Gasteiger partial charge in [0.05, 0.1) is 6.54 Å². The topological polar surface area (TPSA) is 78.9 Å². The number of hydrogen-bond donors (Lipinski definition) is 2. The predicted molar refractivity (Wildman–Crippen MR) is 96.3 cm³/mol. The summed E-state index contributed by atoms with van der Waals surface area (Å²) in [5, 5.41) is 13.1. The summed E-state index contributed by atoms with van der Waals surface area (Å²) in [5.41, 5.74) is -0.790. The Bertz CT molecular complexity index is 651. The second kappa shape index (κ2) is 7.33. The van der Waals surface area contributed by atoms with E-state index in [4.69, 9.17) is 4.74 Å². The molecule has 3 rings (SSSR count). The number of urea groups is 1. The van der Waals surface area contributed by atoms with Crippen LogP contribution in [0.15, 0.2) is 28.7 Å². The van der Waals surface area contributed by atoms with Crippen molar-refractivity contribution in [3.63, 3.8) is 0 Å². The first kappa shape index (κ1) is 18.2. The summed E-state index contributed by atoms with van der Waals surface area (Å²) in [6.07, 6.45) is 2.66. The molecular weight excluding hydrogens is 388 g/mol. The lowest BCUT2D eigenvalue weighted by atomic mass is 9.73. The van der Waals surface area contributed by atoms with Crippen LogP contribution in [0.4, 0.5) is 4.79 Å². The predicted octanol–water partition coefficient (Wildman–Crippen LogP) is 2.69. The van der Waals surface area contributed by atoms with Crippen molar-refractivity contribution in [3.8, 4) is 5.75 Å². The molecule has 25 heavy (non-hydrogen) atoms. The minimum Gasteiger partial charge on any atom is -0.491 e. The normalized spacial score (nSPS) is 27.5. The summed E-state index contributed by atoms with van der Waals surface area (Å²) >= 11 is 3.34. The summed E-state index contributed by atoms with van der Waals surface area (Å²) in [5.74, 6) is 0.517. The van der Waals surface area contributed by atoms with E-state index >= 15 is 0 Å². The molecule has 7 heteroatoms. The number of amides is 3. The lowest BCUT2D eigenvalue weighted by Crippen LogP contribution is -2.54. The molecule has 1 aromatic rings. The Balaban J connectivity index is 1.59. The van der Waals surface area contributed by atoms with E-state index in [0.29, 0.717) is 12.2 Å². The minimum absolute atomic E-state index is 0.0151. The van der Waals surface area contributed by atoms with Crippen LogP contribution in [-0.2, 0) is 4.79 Å². The molecular formula is C18H23BrN2O4. The molecule has 3 unspecified atom stereocenters. The smallest absolute Gasteiger partial charge is 0.325 e. The molecule has 1 saturated carbocycles. The number of aliphatic hydroxyl groups is 1. The van der Waals surface area contributed by atoms with E-state index in [1.54, 1.807) is 12.1 Å². The SMILES string of the molecule is CC1CCCCC12NC(=O)N(CC(O)COc1ccc(Br)cc1)C2=O. The van der Waals surface area contributed by atoms with Crippen molar-refractivity contribution in [2.24, 2.45) is 5.92 Å². The van der Waals surface area contributed by atoms with Crippen LogP contribution in [0.5, 0.6) is 5.75 Å². The van der Waals surface area contributed by atoms with Crippen molar-refractivity contribution in [1.82, 2.24) is 10.2 Å². The standard InChI is InChI=1S/C18H23BrN2O4/c1-12-4-2-3-9-18(12)16(23)21(17(24)20-18)10-14(22)11-25-15-7-5-13(19)6-8-15/h5-8,12,14,22H,2-4,9-11H2,1H3,(H,20,24). The van der Waals surface area contributed by atoms with E-state index < -0.39 is 17.7 Å². The quantitative estimate of drug-likeness (QED) is 0.731. The van der Waals surface area contributed by atoms with Crippen molar-refractivity contribution in [2.45, 2.75) is 44.2 Å². The van der Waals surface area contributed by atoms with Crippen LogP contribution in [0, 0.1) is 5.92 Å². The molecule has 2 N–H and O–H groups in total. The van der Waals surface area contributed by atoms with Crippen molar-refractivity contribution in [1.29, 1.82) is 0 Å². The van der Waals surface area contributed by atoms with E-state index in [-0.39, 0.29) is 25.0 Å². The molecule has 6 nitrogen and oxygen atoms in total. The van der Waals surface area contributed by atoms with Crippen LogP contribution in [0.25, 0.3) is 0 Å². The van der Waals surface area contributed by atoms with Gasteiger partial charge >= 0.3 is 6.03 Å². The number of β-amino-alcohol motifs (C(OH)–C–C–N with tert-alkyl or cyclic N) is 1. The maximum atomic E-state index is 12.8. The second-order valence-corrected chi connectivity index (χ2v) is 7.80. The van der Waals surface area contributed by atoms with Crippen molar-refractivity contribution < 1.29 is 19.4 Å². The van der Waals surface area contributed by atoms with Crippen LogP contribution in [0.3, 0.4) is 0 Å².